The van der Waals surface area contributed by atoms with E-state index in [1.54, 1.807) is 6.08 Å². The summed E-state index contributed by atoms with van der Waals surface area (Å²) < 4.78 is 24.3. The smallest absolute Gasteiger partial charge is 0.233 e. The highest BCUT2D eigenvalue weighted by molar-refractivity contribution is 7.94. The van der Waals surface area contributed by atoms with Crippen molar-refractivity contribution in [3.63, 3.8) is 0 Å². The molecule has 1 heterocycles. The van der Waals surface area contributed by atoms with E-state index >= 15 is 0 Å². The van der Waals surface area contributed by atoms with E-state index in [0.29, 0.717) is 17.8 Å². The lowest BCUT2D eigenvalue weighted by Gasteiger charge is -2.57. The molecule has 4 aliphatic carbocycles. The van der Waals surface area contributed by atoms with Gasteiger partial charge in [-0.25, -0.2) is 8.42 Å². The summed E-state index contributed by atoms with van der Waals surface area (Å²) in [6, 6.07) is 5.68. The van der Waals surface area contributed by atoms with Gasteiger partial charge >= 0.3 is 0 Å². The number of anilines is 1. The Morgan fingerprint density at radius 2 is 1.61 bits per heavy atom. The van der Waals surface area contributed by atoms with E-state index < -0.39 is 15.9 Å². The average molecular weight is 400 g/mol. The molecule has 1 aromatic rings. The third-order valence-corrected chi connectivity index (χ3v) is 9.10. The molecule has 0 aromatic heterocycles. The van der Waals surface area contributed by atoms with Crippen LogP contribution in [0.4, 0.5) is 5.69 Å². The van der Waals surface area contributed by atoms with Crippen molar-refractivity contribution in [1.82, 2.24) is 0 Å². The zero-order chi connectivity index (χ0) is 19.7. The zero-order valence-corrected chi connectivity index (χ0v) is 17.5. The Hall–Kier alpha value is -1.62. The van der Waals surface area contributed by atoms with Gasteiger partial charge in [0.2, 0.25) is 5.91 Å². The lowest BCUT2D eigenvalue weighted by molar-refractivity contribution is -0.143. The van der Waals surface area contributed by atoms with Crippen LogP contribution in [0.15, 0.2) is 29.7 Å². The monoisotopic (exact) mass is 399 g/mol. The standard InChI is InChI=1S/C23H29NO3S/c1-15-3-4-20(7-16(15)2)24(21-5-6-28(26,27)14-21)22(25)23-11-17-8-18(12-23)10-19(9-17)13-23/h3-7,17-19,21H,8-14H2,1-2H3/t17?,18?,19?,21-,23?/m0/s1. The number of hydrogen-bond acceptors (Lipinski definition) is 3. The Kier molecular flexibility index (Phi) is 4.07. The first kappa shape index (κ1) is 18.4. The molecule has 0 spiro atoms. The van der Waals surface area contributed by atoms with E-state index in [9.17, 15) is 13.2 Å². The van der Waals surface area contributed by atoms with Crippen molar-refractivity contribution in [1.29, 1.82) is 0 Å². The summed E-state index contributed by atoms with van der Waals surface area (Å²) in [6.45, 7) is 4.11. The molecular formula is C23H29NO3S. The fourth-order valence-electron chi connectivity index (χ4n) is 6.68. The number of hydrogen-bond donors (Lipinski definition) is 0. The van der Waals surface area contributed by atoms with Gasteiger partial charge in [0.1, 0.15) is 0 Å². The van der Waals surface area contributed by atoms with Crippen LogP contribution in [0.25, 0.3) is 0 Å². The molecule has 1 atom stereocenters. The minimum atomic E-state index is -3.23. The molecule has 0 radical (unpaired) electrons. The summed E-state index contributed by atoms with van der Waals surface area (Å²) in [5.74, 6) is 2.21. The topological polar surface area (TPSA) is 54.5 Å². The van der Waals surface area contributed by atoms with Gasteiger partial charge in [0, 0.05) is 11.1 Å². The maximum atomic E-state index is 14.1. The van der Waals surface area contributed by atoms with Crippen molar-refractivity contribution >= 4 is 21.4 Å². The van der Waals surface area contributed by atoms with Gasteiger partial charge in [0.05, 0.1) is 17.2 Å². The second-order valence-electron chi connectivity index (χ2n) is 9.87. The van der Waals surface area contributed by atoms with Crippen LogP contribution in [-0.4, -0.2) is 26.1 Å². The summed E-state index contributed by atoms with van der Waals surface area (Å²) in [5.41, 5.74) is 2.87. The van der Waals surface area contributed by atoms with Crippen molar-refractivity contribution in [3.05, 3.63) is 40.8 Å². The largest absolute Gasteiger partial charge is 0.304 e. The first-order valence-electron chi connectivity index (χ1n) is 10.6. The number of sulfone groups is 1. The molecule has 28 heavy (non-hydrogen) atoms. The molecule has 0 saturated heterocycles. The van der Waals surface area contributed by atoms with Crippen molar-refractivity contribution in [2.24, 2.45) is 23.2 Å². The van der Waals surface area contributed by atoms with Crippen LogP contribution in [0, 0.1) is 37.0 Å². The molecule has 0 N–H and O–H groups in total. The van der Waals surface area contributed by atoms with Crippen LogP contribution >= 0.6 is 0 Å². The van der Waals surface area contributed by atoms with Crippen LogP contribution in [0.1, 0.15) is 49.7 Å². The normalized spacial score (nSPS) is 37.4. The third-order valence-electron chi connectivity index (χ3n) is 7.72. The van der Waals surface area contributed by atoms with E-state index in [4.69, 9.17) is 0 Å². The fraction of sp³-hybridized carbons (Fsp3) is 0.609. The van der Waals surface area contributed by atoms with Crippen molar-refractivity contribution in [2.75, 3.05) is 10.7 Å². The van der Waals surface area contributed by atoms with E-state index in [2.05, 4.69) is 6.92 Å². The summed E-state index contributed by atoms with van der Waals surface area (Å²) in [5, 5.41) is 1.29. The van der Waals surface area contributed by atoms with Crippen LogP contribution in [0.5, 0.6) is 0 Å². The Morgan fingerprint density at radius 1 is 1.00 bits per heavy atom. The first-order chi connectivity index (χ1) is 13.2. The lowest BCUT2D eigenvalue weighted by Crippen LogP contribution is -2.57. The molecule has 4 saturated carbocycles. The molecule has 5 heteroatoms. The summed E-state index contributed by atoms with van der Waals surface area (Å²) in [4.78, 5) is 15.9. The second kappa shape index (κ2) is 6.19. The quantitative estimate of drug-likeness (QED) is 0.767. The molecule has 4 nitrogen and oxygen atoms in total. The lowest BCUT2D eigenvalue weighted by atomic mass is 9.49. The molecule has 4 fully saturated rings. The minimum Gasteiger partial charge on any atom is -0.304 e. The van der Waals surface area contributed by atoms with Gasteiger partial charge in [0.25, 0.3) is 0 Å². The Balaban J connectivity index is 1.55. The van der Waals surface area contributed by atoms with Crippen LogP contribution < -0.4 is 4.90 Å². The summed E-state index contributed by atoms with van der Waals surface area (Å²) in [7, 11) is -3.23. The van der Waals surface area contributed by atoms with E-state index in [1.807, 2.05) is 30.0 Å². The molecule has 0 unspecified atom stereocenters. The van der Waals surface area contributed by atoms with Crippen LogP contribution in [-0.2, 0) is 14.6 Å². The number of amides is 1. The van der Waals surface area contributed by atoms with Crippen molar-refractivity contribution < 1.29 is 13.2 Å². The molecule has 1 aromatic carbocycles. The Bertz CT molecular complexity index is 927. The first-order valence-corrected chi connectivity index (χ1v) is 12.3. The summed E-state index contributed by atoms with van der Waals surface area (Å²) >= 11 is 0. The highest BCUT2D eigenvalue weighted by atomic mass is 32.2. The summed E-state index contributed by atoms with van der Waals surface area (Å²) in [6.07, 6.45) is 8.53. The number of aryl methyl sites for hydroxylation is 2. The molecule has 150 valence electrons. The fourth-order valence-corrected chi connectivity index (χ4v) is 7.95. The van der Waals surface area contributed by atoms with E-state index in [0.717, 1.165) is 30.5 Å². The van der Waals surface area contributed by atoms with Gasteiger partial charge in [-0.05, 0) is 99.5 Å². The van der Waals surface area contributed by atoms with Crippen molar-refractivity contribution in [3.8, 4) is 0 Å². The van der Waals surface area contributed by atoms with Gasteiger partial charge in [-0.2, -0.15) is 0 Å². The highest BCUT2D eigenvalue weighted by Crippen LogP contribution is 2.61. The van der Waals surface area contributed by atoms with Crippen molar-refractivity contribution in [2.45, 2.75) is 58.4 Å². The van der Waals surface area contributed by atoms with E-state index in [-0.39, 0.29) is 17.1 Å². The molecule has 4 bridgehead atoms. The number of carbonyl (C=O) groups is 1. The molecule has 6 rings (SSSR count). The molecular weight excluding hydrogens is 370 g/mol. The maximum absolute atomic E-state index is 14.1. The number of benzene rings is 1. The zero-order valence-electron chi connectivity index (χ0n) is 16.7. The third kappa shape index (κ3) is 2.94. The van der Waals surface area contributed by atoms with Gasteiger partial charge < -0.3 is 4.90 Å². The number of rotatable bonds is 3. The van der Waals surface area contributed by atoms with Crippen LogP contribution in [0.3, 0.4) is 0 Å². The average Bonchev–Trinajstić information content (AvgIpc) is 2.96. The second-order valence-corrected chi connectivity index (χ2v) is 11.8. The molecule has 1 amide bonds. The predicted octanol–water partition coefficient (Wildman–Crippen LogP) is 4.16. The maximum Gasteiger partial charge on any atom is 0.233 e. The van der Waals surface area contributed by atoms with Gasteiger partial charge in [0.15, 0.2) is 9.84 Å². The van der Waals surface area contributed by atoms with Gasteiger partial charge in [-0.15, -0.1) is 0 Å². The predicted molar refractivity (Wildman–Crippen MR) is 111 cm³/mol. The van der Waals surface area contributed by atoms with Gasteiger partial charge in [-0.1, -0.05) is 6.07 Å². The molecule has 1 aliphatic heterocycles. The number of nitrogens with zero attached hydrogens (tertiary/aromatic N) is 1. The Morgan fingerprint density at radius 3 is 2.11 bits per heavy atom. The number of carbonyl (C=O) groups excluding carboxylic acids is 1. The minimum absolute atomic E-state index is 0.00195. The van der Waals surface area contributed by atoms with Crippen LogP contribution in [0.2, 0.25) is 0 Å². The SMILES string of the molecule is Cc1ccc(N(C(=O)C23CC4CC(CC(C4)C2)C3)[C@H]2C=CS(=O)(=O)C2)cc1C. The Labute approximate surface area is 167 Å². The molecule has 5 aliphatic rings. The van der Waals surface area contributed by atoms with E-state index in [1.165, 1.54) is 30.2 Å². The van der Waals surface area contributed by atoms with Gasteiger partial charge in [-0.3, -0.25) is 4.79 Å². The highest BCUT2D eigenvalue weighted by Gasteiger charge is 2.56.